The van der Waals surface area contributed by atoms with Crippen LogP contribution in [0.15, 0.2) is 0 Å². The predicted molar refractivity (Wildman–Crippen MR) is 22.8 cm³/mol. The Morgan fingerprint density at radius 1 is 1.45 bits per heavy atom. The van der Waals surface area contributed by atoms with E-state index in [9.17, 15) is 19.1 Å². The number of amides is 1. The number of phosphoric ester groups is 1. The number of carbonyl (C=O) groups is 1. The minimum atomic E-state index is -5.02. The maximum absolute atomic E-state index is 9.74. The molecule has 0 rings (SSSR count). The van der Waals surface area contributed by atoms with Gasteiger partial charge >= 0.3 is 59.1 Å². The van der Waals surface area contributed by atoms with Crippen molar-refractivity contribution in [2.75, 3.05) is 6.61 Å². The zero-order chi connectivity index (χ0) is 7.49. The van der Waals surface area contributed by atoms with Crippen LogP contribution in [0.3, 0.4) is 0 Å². The average Bonchev–Trinajstić information content (AvgIpc) is 1.59. The molecule has 0 aliphatic rings. The minimum Gasteiger partial charge on any atom is -0.790 e. The molecule has 0 aromatic rings. The van der Waals surface area contributed by atoms with Crippen molar-refractivity contribution >= 4 is 13.7 Å². The summed E-state index contributed by atoms with van der Waals surface area (Å²) in [6, 6.07) is 0. The molecule has 54 valence electrons. The Balaban J connectivity index is -0.000000320. The first-order valence-electron chi connectivity index (χ1n) is 1.87. The average molecular weight is 199 g/mol. The number of primary amides is 1. The molecule has 0 heterocycles. The van der Waals surface area contributed by atoms with Crippen molar-refractivity contribution in [3.05, 3.63) is 0 Å². The van der Waals surface area contributed by atoms with Gasteiger partial charge in [0.05, 0.1) is 7.82 Å². The number of hydrogen-bond acceptors (Lipinski definition) is 5. The molecule has 0 spiro atoms. The second-order valence-corrected chi connectivity index (χ2v) is 2.34. The van der Waals surface area contributed by atoms with Gasteiger partial charge in [0.25, 0.3) is 0 Å². The van der Waals surface area contributed by atoms with Crippen LogP contribution in [-0.4, -0.2) is 12.5 Å². The molecule has 0 saturated heterocycles. The monoisotopic (exact) mass is 199 g/mol. The van der Waals surface area contributed by atoms with E-state index in [2.05, 4.69) is 10.3 Å². The van der Waals surface area contributed by atoms with E-state index in [0.29, 0.717) is 0 Å². The van der Waals surface area contributed by atoms with Gasteiger partial charge in [0.15, 0.2) is 0 Å². The summed E-state index contributed by atoms with van der Waals surface area (Å²) in [5, 5.41) is 0. The van der Waals surface area contributed by atoms with Crippen molar-refractivity contribution < 1.29 is 82.8 Å². The van der Waals surface area contributed by atoms with Gasteiger partial charge in [-0.05, 0) is 0 Å². The zero-order valence-corrected chi connectivity index (χ0v) is 11.2. The normalized spacial score (nSPS) is 9.27. The Hall–Kier alpha value is 1.58. The number of rotatable bonds is 3. The molecule has 0 aromatic heterocycles. The SMILES string of the molecule is NC(=O)COP(=O)([O-])[O-].[Na+].[Na+]. The van der Waals surface area contributed by atoms with Crippen LogP contribution in [0.4, 0.5) is 0 Å². The van der Waals surface area contributed by atoms with E-state index in [4.69, 9.17) is 0 Å². The number of phosphoric acid groups is 1. The van der Waals surface area contributed by atoms with Crippen molar-refractivity contribution in [1.29, 1.82) is 0 Å². The first-order valence-corrected chi connectivity index (χ1v) is 3.33. The molecule has 1 amide bonds. The molecule has 11 heavy (non-hydrogen) atoms. The molecule has 0 aromatic carbocycles. The van der Waals surface area contributed by atoms with E-state index in [-0.39, 0.29) is 59.1 Å². The van der Waals surface area contributed by atoms with Gasteiger partial charge < -0.3 is 24.6 Å². The van der Waals surface area contributed by atoms with Crippen LogP contribution in [0.25, 0.3) is 0 Å². The first kappa shape index (κ1) is 18.4. The molecule has 0 saturated carbocycles. The van der Waals surface area contributed by atoms with E-state index in [0.717, 1.165) is 0 Å². The number of hydrogen-bond donors (Lipinski definition) is 1. The van der Waals surface area contributed by atoms with Crippen LogP contribution in [0, 0.1) is 0 Å². The van der Waals surface area contributed by atoms with Gasteiger partial charge in [0.1, 0.15) is 6.61 Å². The van der Waals surface area contributed by atoms with Crippen LogP contribution in [-0.2, 0) is 13.9 Å². The van der Waals surface area contributed by atoms with E-state index < -0.39 is 20.3 Å². The van der Waals surface area contributed by atoms with Gasteiger partial charge in [0, 0.05) is 0 Å². The fraction of sp³-hybridized carbons (Fsp3) is 0.500. The minimum absolute atomic E-state index is 0. The molecule has 9 heteroatoms. The summed E-state index contributed by atoms with van der Waals surface area (Å²) in [4.78, 5) is 28.9. The Kier molecular flexibility index (Phi) is 13.7. The van der Waals surface area contributed by atoms with Crippen molar-refractivity contribution in [2.45, 2.75) is 0 Å². The third-order valence-corrected chi connectivity index (χ3v) is 0.810. The summed E-state index contributed by atoms with van der Waals surface area (Å²) < 4.78 is 13.0. The molecule has 0 unspecified atom stereocenters. The molecule has 0 aliphatic carbocycles. The maximum atomic E-state index is 9.74. The quantitative estimate of drug-likeness (QED) is 0.358. The number of carbonyl (C=O) groups excluding carboxylic acids is 1. The van der Waals surface area contributed by atoms with Crippen molar-refractivity contribution in [3.63, 3.8) is 0 Å². The predicted octanol–water partition coefficient (Wildman–Crippen LogP) is -8.68. The van der Waals surface area contributed by atoms with E-state index >= 15 is 0 Å². The van der Waals surface area contributed by atoms with Crippen molar-refractivity contribution in [1.82, 2.24) is 0 Å². The Labute approximate surface area is 108 Å². The topological polar surface area (TPSA) is 116 Å². The molecular weight excluding hydrogens is 195 g/mol. The summed E-state index contributed by atoms with van der Waals surface area (Å²) in [6.07, 6.45) is 0. The van der Waals surface area contributed by atoms with Crippen molar-refractivity contribution in [3.8, 4) is 0 Å². The van der Waals surface area contributed by atoms with Gasteiger partial charge in [0.2, 0.25) is 5.91 Å². The van der Waals surface area contributed by atoms with Gasteiger partial charge in [-0.25, -0.2) is 0 Å². The molecule has 2 N–H and O–H groups in total. The van der Waals surface area contributed by atoms with Crippen LogP contribution >= 0.6 is 7.82 Å². The van der Waals surface area contributed by atoms with E-state index in [1.54, 1.807) is 0 Å². The fourth-order valence-corrected chi connectivity index (χ4v) is 0.428. The number of nitrogens with two attached hydrogens (primary N) is 1. The molecule has 0 bridgehead atoms. The zero-order valence-electron chi connectivity index (χ0n) is 6.27. The van der Waals surface area contributed by atoms with Crippen LogP contribution < -0.4 is 74.6 Å². The Bertz CT molecular complexity index is 157. The third-order valence-electron chi connectivity index (χ3n) is 0.365. The van der Waals surface area contributed by atoms with Gasteiger partial charge in [-0.2, -0.15) is 0 Å². The van der Waals surface area contributed by atoms with Crippen LogP contribution in [0.5, 0.6) is 0 Å². The standard InChI is InChI=1S/C2H6NO5P.2Na/c3-2(4)1-8-9(5,6)7;;/h1H2,(H2,3,4)(H2,5,6,7);;/q;2*+1/p-2. The fourth-order valence-electron chi connectivity index (χ4n) is 0.143. The second kappa shape index (κ2) is 8.19. The summed E-state index contributed by atoms with van der Waals surface area (Å²) in [5.74, 6) is -0.998. The van der Waals surface area contributed by atoms with Gasteiger partial charge in [-0.15, -0.1) is 0 Å². The van der Waals surface area contributed by atoms with E-state index in [1.807, 2.05) is 0 Å². The Morgan fingerprint density at radius 3 is 1.91 bits per heavy atom. The smallest absolute Gasteiger partial charge is 0.790 e. The largest absolute Gasteiger partial charge is 1.00 e. The first-order chi connectivity index (χ1) is 3.92. The third kappa shape index (κ3) is 18.5. The summed E-state index contributed by atoms with van der Waals surface area (Å²) in [7, 11) is -5.02. The molecule has 6 nitrogen and oxygen atoms in total. The second-order valence-electron chi connectivity index (χ2n) is 1.19. The van der Waals surface area contributed by atoms with Crippen molar-refractivity contribution in [2.24, 2.45) is 5.73 Å². The van der Waals surface area contributed by atoms with Gasteiger partial charge in [-0.3, -0.25) is 4.79 Å². The molecule has 0 fully saturated rings. The maximum Gasteiger partial charge on any atom is 1.00 e. The molecular formula is C2H4NNa2O5P. The van der Waals surface area contributed by atoms with Gasteiger partial charge in [-0.1, -0.05) is 0 Å². The molecule has 0 radical (unpaired) electrons. The van der Waals surface area contributed by atoms with Crippen LogP contribution in [0.2, 0.25) is 0 Å². The summed E-state index contributed by atoms with van der Waals surface area (Å²) in [6.45, 7) is -0.885. The summed E-state index contributed by atoms with van der Waals surface area (Å²) in [5.41, 5.74) is 4.44. The summed E-state index contributed by atoms with van der Waals surface area (Å²) >= 11 is 0. The molecule has 0 aliphatic heterocycles. The molecule has 0 atom stereocenters. The Morgan fingerprint density at radius 2 is 1.82 bits per heavy atom. The van der Waals surface area contributed by atoms with E-state index in [1.165, 1.54) is 0 Å². The van der Waals surface area contributed by atoms with Crippen LogP contribution in [0.1, 0.15) is 0 Å².